The third-order valence-corrected chi connectivity index (χ3v) is 0.630. The molecule has 0 aliphatic heterocycles. The average molecular weight is 207 g/mol. The summed E-state index contributed by atoms with van der Waals surface area (Å²) in [4.78, 5) is 11.6. The van der Waals surface area contributed by atoms with Crippen LogP contribution < -0.4 is 0 Å². The number of amides is 1. The van der Waals surface area contributed by atoms with Crippen LogP contribution in [0.15, 0.2) is 0 Å². The Morgan fingerprint density at radius 2 is 1.40 bits per heavy atom. The van der Waals surface area contributed by atoms with Gasteiger partial charge < -0.3 is 4.90 Å². The van der Waals surface area contributed by atoms with E-state index < -0.39 is 4.30 Å². The van der Waals surface area contributed by atoms with E-state index in [0.29, 0.717) is 0 Å². The molecule has 1 amide bonds. The monoisotopic (exact) mass is 205 g/mol. The third-order valence-electron chi connectivity index (χ3n) is 0.630. The predicted octanol–water partition coefficient (Wildman–Crippen LogP) is 2.08. The highest BCUT2D eigenvalue weighted by atomic mass is 35.6. The van der Waals surface area contributed by atoms with Crippen molar-refractivity contribution in [3.8, 4) is 0 Å². The van der Waals surface area contributed by atoms with Crippen molar-refractivity contribution in [2.45, 2.75) is 11.2 Å². The molecule has 0 unspecified atom stereocenters. The van der Waals surface area contributed by atoms with Crippen molar-refractivity contribution in [3.05, 3.63) is 0 Å². The Hall–Kier alpha value is 0.340. The number of nitrogens with zero attached hydrogens (tertiary/aromatic N) is 1. The van der Waals surface area contributed by atoms with Gasteiger partial charge in [-0.3, -0.25) is 4.79 Å². The molecule has 10 heavy (non-hydrogen) atoms. The molecule has 0 aromatic heterocycles. The molecule has 0 radical (unpaired) electrons. The first-order valence-electron chi connectivity index (χ1n) is 2.48. The molecule has 0 saturated heterocycles. The Labute approximate surface area is 76.0 Å². The molecule has 0 saturated carbocycles. The van der Waals surface area contributed by atoms with Crippen molar-refractivity contribution in [1.29, 1.82) is 0 Å². The van der Waals surface area contributed by atoms with Crippen molar-refractivity contribution in [2.24, 2.45) is 0 Å². The molecule has 0 bridgehead atoms. The van der Waals surface area contributed by atoms with E-state index in [9.17, 15) is 4.79 Å². The summed E-state index contributed by atoms with van der Waals surface area (Å²) in [5.74, 6) is 0.0926. The molecule has 0 spiro atoms. The lowest BCUT2D eigenvalue weighted by Gasteiger charge is -2.02. The fourth-order valence-electron chi connectivity index (χ4n) is 0. The standard InChI is InChI=1S/C4H9NO.CHCl3/c1-4(6)5(2)3;2-1(3)4/h1-3H3;1H. The molecular formula is C5H10Cl3NO. The van der Waals surface area contributed by atoms with E-state index in [0.717, 1.165) is 0 Å². The predicted molar refractivity (Wildman–Crippen MR) is 45.7 cm³/mol. The molecule has 0 fully saturated rings. The number of hydrogen-bond donors (Lipinski definition) is 0. The molecule has 0 atom stereocenters. The van der Waals surface area contributed by atoms with Gasteiger partial charge in [0.05, 0.1) is 0 Å². The number of carbonyl (C=O) groups excluding carboxylic acids is 1. The minimum atomic E-state index is -0.750. The second-order valence-electron chi connectivity index (χ2n) is 1.66. The quantitative estimate of drug-likeness (QED) is 0.556. The smallest absolute Gasteiger partial charge is 0.218 e. The second-order valence-corrected chi connectivity index (χ2v) is 3.64. The fourth-order valence-corrected chi connectivity index (χ4v) is 0. The largest absolute Gasteiger partial charge is 0.349 e. The van der Waals surface area contributed by atoms with E-state index in [1.54, 1.807) is 14.1 Å². The molecule has 0 heterocycles. The molecule has 62 valence electrons. The molecule has 0 rings (SSSR count). The van der Waals surface area contributed by atoms with Gasteiger partial charge in [-0.05, 0) is 0 Å². The Morgan fingerprint density at radius 1 is 1.30 bits per heavy atom. The first kappa shape index (κ1) is 13.0. The molecule has 0 aliphatic rings. The summed E-state index contributed by atoms with van der Waals surface area (Å²) in [5.41, 5.74) is 0. The summed E-state index contributed by atoms with van der Waals surface area (Å²) in [7, 11) is 3.45. The number of alkyl halides is 3. The van der Waals surface area contributed by atoms with Gasteiger partial charge in [0.2, 0.25) is 5.91 Å². The van der Waals surface area contributed by atoms with E-state index in [1.165, 1.54) is 11.8 Å². The molecular weight excluding hydrogens is 196 g/mol. The van der Waals surface area contributed by atoms with Crippen LogP contribution >= 0.6 is 34.8 Å². The Kier molecular flexibility index (Phi) is 9.66. The Balaban J connectivity index is 0. The third kappa shape index (κ3) is 23.9. The van der Waals surface area contributed by atoms with Crippen LogP contribution in [0.25, 0.3) is 0 Å². The first-order valence-corrected chi connectivity index (χ1v) is 3.79. The summed E-state index contributed by atoms with van der Waals surface area (Å²) < 4.78 is -0.750. The van der Waals surface area contributed by atoms with E-state index in [4.69, 9.17) is 34.8 Å². The maximum Gasteiger partial charge on any atom is 0.218 e. The van der Waals surface area contributed by atoms with Crippen molar-refractivity contribution < 1.29 is 4.79 Å². The molecule has 0 aliphatic carbocycles. The molecule has 0 aromatic rings. The topological polar surface area (TPSA) is 20.3 Å². The normalized spacial score (nSPS) is 8.30. The van der Waals surface area contributed by atoms with Gasteiger partial charge in [-0.25, -0.2) is 0 Å². The van der Waals surface area contributed by atoms with Crippen LogP contribution in [0.2, 0.25) is 0 Å². The zero-order valence-electron chi connectivity index (χ0n) is 6.07. The van der Waals surface area contributed by atoms with Gasteiger partial charge in [0, 0.05) is 21.0 Å². The Bertz CT molecular complexity index is 92.1. The van der Waals surface area contributed by atoms with Crippen LogP contribution in [0, 0.1) is 0 Å². The molecule has 5 heteroatoms. The van der Waals surface area contributed by atoms with Gasteiger partial charge in [-0.2, -0.15) is 0 Å². The van der Waals surface area contributed by atoms with Gasteiger partial charge in [0.15, 0.2) is 4.30 Å². The molecule has 2 nitrogen and oxygen atoms in total. The summed E-state index contributed by atoms with van der Waals surface area (Å²) >= 11 is 14.4. The van der Waals surface area contributed by atoms with Crippen LogP contribution in [0.4, 0.5) is 0 Å². The summed E-state index contributed by atoms with van der Waals surface area (Å²) in [6.07, 6.45) is 0. The lowest BCUT2D eigenvalue weighted by atomic mass is 10.7. The van der Waals surface area contributed by atoms with E-state index in [1.807, 2.05) is 0 Å². The van der Waals surface area contributed by atoms with Crippen molar-refractivity contribution in [3.63, 3.8) is 0 Å². The summed E-state index contributed by atoms with van der Waals surface area (Å²) in [5, 5.41) is 0. The SMILES string of the molecule is CC(=O)N(C)C.ClC(Cl)Cl. The molecule has 0 aromatic carbocycles. The highest BCUT2D eigenvalue weighted by molar-refractivity contribution is 6.63. The minimum absolute atomic E-state index is 0.0926. The van der Waals surface area contributed by atoms with Gasteiger partial charge in [-0.1, -0.05) is 34.8 Å². The maximum absolute atomic E-state index is 10.1. The zero-order valence-corrected chi connectivity index (χ0v) is 8.33. The van der Waals surface area contributed by atoms with Gasteiger partial charge in [0.25, 0.3) is 0 Å². The number of halogens is 3. The fraction of sp³-hybridized carbons (Fsp3) is 0.800. The lowest BCUT2D eigenvalue weighted by Crippen LogP contribution is -2.17. The zero-order chi connectivity index (χ0) is 8.73. The highest BCUT2D eigenvalue weighted by Gasteiger charge is 1.87. The van der Waals surface area contributed by atoms with E-state index >= 15 is 0 Å². The van der Waals surface area contributed by atoms with E-state index in [-0.39, 0.29) is 5.91 Å². The number of rotatable bonds is 0. The first-order chi connectivity index (χ1) is 4.37. The average Bonchev–Trinajstić information content (AvgIpc) is 1.63. The van der Waals surface area contributed by atoms with Crippen molar-refractivity contribution in [2.75, 3.05) is 14.1 Å². The van der Waals surface area contributed by atoms with E-state index in [2.05, 4.69) is 0 Å². The maximum atomic E-state index is 10.1. The van der Waals surface area contributed by atoms with Crippen LogP contribution in [-0.2, 0) is 4.79 Å². The van der Waals surface area contributed by atoms with Gasteiger partial charge in [-0.15, -0.1) is 0 Å². The molecule has 0 N–H and O–H groups in total. The number of carbonyl (C=O) groups is 1. The van der Waals surface area contributed by atoms with Crippen LogP contribution in [-0.4, -0.2) is 29.2 Å². The highest BCUT2D eigenvalue weighted by Crippen LogP contribution is 2.03. The summed E-state index contributed by atoms with van der Waals surface area (Å²) in [6, 6.07) is 0. The lowest BCUT2D eigenvalue weighted by molar-refractivity contribution is -0.126. The van der Waals surface area contributed by atoms with Crippen LogP contribution in [0.3, 0.4) is 0 Å². The minimum Gasteiger partial charge on any atom is -0.349 e. The second kappa shape index (κ2) is 7.45. The van der Waals surface area contributed by atoms with Crippen molar-refractivity contribution >= 4 is 40.7 Å². The Morgan fingerprint density at radius 3 is 1.40 bits per heavy atom. The van der Waals surface area contributed by atoms with Gasteiger partial charge in [0.1, 0.15) is 0 Å². The van der Waals surface area contributed by atoms with Crippen LogP contribution in [0.5, 0.6) is 0 Å². The summed E-state index contributed by atoms with van der Waals surface area (Å²) in [6.45, 7) is 1.53. The van der Waals surface area contributed by atoms with Crippen molar-refractivity contribution in [1.82, 2.24) is 4.90 Å². The van der Waals surface area contributed by atoms with Gasteiger partial charge >= 0.3 is 0 Å². The van der Waals surface area contributed by atoms with Crippen LogP contribution in [0.1, 0.15) is 6.92 Å². The number of hydrogen-bond acceptors (Lipinski definition) is 1.